The molecule has 0 bridgehead atoms. The fraction of sp³-hybridized carbons (Fsp3) is 0.846. The third-order valence-electron chi connectivity index (χ3n) is 2.91. The third kappa shape index (κ3) is 6.78. The number of nitrogens with zero attached hydrogens (tertiary/aromatic N) is 2. The zero-order valence-corrected chi connectivity index (χ0v) is 11.4. The molecule has 0 saturated carbocycles. The average molecular weight is 242 g/mol. The van der Waals surface area contributed by atoms with E-state index in [4.69, 9.17) is 4.74 Å². The summed E-state index contributed by atoms with van der Waals surface area (Å²) in [5.74, 6) is 0. The van der Waals surface area contributed by atoms with Gasteiger partial charge < -0.3 is 14.7 Å². The number of allylic oxidation sites excluding steroid dienone is 1. The lowest BCUT2D eigenvalue weighted by Gasteiger charge is -2.29. The van der Waals surface area contributed by atoms with Crippen molar-refractivity contribution in [1.29, 1.82) is 0 Å². The highest BCUT2D eigenvalue weighted by atomic mass is 16.5. The van der Waals surface area contributed by atoms with E-state index in [0.717, 1.165) is 45.9 Å². The van der Waals surface area contributed by atoms with Crippen LogP contribution in [-0.2, 0) is 4.74 Å². The Bertz CT molecular complexity index is 234. The summed E-state index contributed by atoms with van der Waals surface area (Å²) >= 11 is 0. The number of hydrogen-bond donors (Lipinski definition) is 1. The van der Waals surface area contributed by atoms with E-state index in [-0.39, 0.29) is 6.10 Å². The van der Waals surface area contributed by atoms with Crippen molar-refractivity contribution in [3.63, 3.8) is 0 Å². The molecule has 1 aliphatic rings. The standard InChI is InChI=1S/C13H26N2O2/c1-12(2)4-5-14(3)10-13(16)11-15-6-8-17-9-7-15/h4,13,16H,5-11H2,1-3H3. The molecular formula is C13H26N2O2. The van der Waals surface area contributed by atoms with Crippen molar-refractivity contribution < 1.29 is 9.84 Å². The first-order valence-electron chi connectivity index (χ1n) is 6.38. The van der Waals surface area contributed by atoms with Crippen molar-refractivity contribution in [3.05, 3.63) is 11.6 Å². The molecule has 1 N–H and O–H groups in total. The molecule has 4 nitrogen and oxygen atoms in total. The molecule has 1 fully saturated rings. The van der Waals surface area contributed by atoms with Gasteiger partial charge in [-0.3, -0.25) is 4.90 Å². The fourth-order valence-electron chi connectivity index (χ4n) is 1.91. The van der Waals surface area contributed by atoms with Gasteiger partial charge in [0.05, 0.1) is 19.3 Å². The Labute approximate surface area is 105 Å². The Kier molecular flexibility index (Phi) is 6.73. The first-order valence-corrected chi connectivity index (χ1v) is 6.38. The van der Waals surface area contributed by atoms with E-state index in [1.54, 1.807) is 0 Å². The van der Waals surface area contributed by atoms with E-state index in [1.165, 1.54) is 5.57 Å². The van der Waals surface area contributed by atoms with Gasteiger partial charge in [0.25, 0.3) is 0 Å². The first kappa shape index (κ1) is 14.6. The molecule has 1 heterocycles. The van der Waals surface area contributed by atoms with Gasteiger partial charge in [0.15, 0.2) is 0 Å². The second kappa shape index (κ2) is 7.82. The molecule has 0 radical (unpaired) electrons. The molecule has 1 unspecified atom stereocenters. The van der Waals surface area contributed by atoms with Crippen molar-refractivity contribution in [2.75, 3.05) is 53.0 Å². The minimum absolute atomic E-state index is 0.274. The molecule has 100 valence electrons. The molecule has 1 rings (SSSR count). The monoisotopic (exact) mass is 242 g/mol. The van der Waals surface area contributed by atoms with Crippen LogP contribution in [0.25, 0.3) is 0 Å². The van der Waals surface area contributed by atoms with Crippen molar-refractivity contribution >= 4 is 0 Å². The molecule has 4 heteroatoms. The summed E-state index contributed by atoms with van der Waals surface area (Å²) in [7, 11) is 2.04. The number of morpholine rings is 1. The van der Waals surface area contributed by atoms with Gasteiger partial charge in [0, 0.05) is 32.7 Å². The topological polar surface area (TPSA) is 35.9 Å². The van der Waals surface area contributed by atoms with Gasteiger partial charge in [-0.05, 0) is 20.9 Å². The van der Waals surface area contributed by atoms with Gasteiger partial charge in [-0.1, -0.05) is 11.6 Å². The van der Waals surface area contributed by atoms with Crippen LogP contribution in [0.4, 0.5) is 0 Å². The van der Waals surface area contributed by atoms with E-state index in [9.17, 15) is 5.11 Å². The van der Waals surface area contributed by atoms with Crippen LogP contribution in [0.2, 0.25) is 0 Å². The number of ether oxygens (including phenoxy) is 1. The van der Waals surface area contributed by atoms with Gasteiger partial charge in [-0.15, -0.1) is 0 Å². The highest BCUT2D eigenvalue weighted by Crippen LogP contribution is 2.00. The average Bonchev–Trinajstić information content (AvgIpc) is 2.27. The zero-order valence-electron chi connectivity index (χ0n) is 11.4. The predicted octanol–water partition coefficient (Wildman–Crippen LogP) is 0.578. The van der Waals surface area contributed by atoms with E-state index in [0.29, 0.717) is 0 Å². The summed E-state index contributed by atoms with van der Waals surface area (Å²) in [5, 5.41) is 9.99. The summed E-state index contributed by atoms with van der Waals surface area (Å²) in [4.78, 5) is 4.42. The van der Waals surface area contributed by atoms with Crippen LogP contribution in [0.3, 0.4) is 0 Å². The molecule has 0 aromatic heterocycles. The molecule has 0 aromatic carbocycles. The molecule has 1 atom stereocenters. The molecule has 1 aliphatic heterocycles. The Morgan fingerprint density at radius 3 is 2.65 bits per heavy atom. The summed E-state index contributed by atoms with van der Waals surface area (Å²) in [6, 6.07) is 0. The van der Waals surface area contributed by atoms with Crippen LogP contribution in [0.1, 0.15) is 13.8 Å². The van der Waals surface area contributed by atoms with Gasteiger partial charge in [-0.25, -0.2) is 0 Å². The van der Waals surface area contributed by atoms with Crippen molar-refractivity contribution in [1.82, 2.24) is 9.80 Å². The predicted molar refractivity (Wildman–Crippen MR) is 70.2 cm³/mol. The summed E-state index contributed by atoms with van der Waals surface area (Å²) < 4.78 is 5.29. The van der Waals surface area contributed by atoms with Crippen molar-refractivity contribution in [3.8, 4) is 0 Å². The quantitative estimate of drug-likeness (QED) is 0.691. The molecule has 1 saturated heterocycles. The van der Waals surface area contributed by atoms with Crippen LogP contribution < -0.4 is 0 Å². The lowest BCUT2D eigenvalue weighted by Crippen LogP contribution is -2.44. The lowest BCUT2D eigenvalue weighted by atomic mass is 10.2. The number of β-amino-alcohol motifs (C(OH)–C–C–N with tert-alkyl or cyclic N) is 1. The van der Waals surface area contributed by atoms with Gasteiger partial charge >= 0.3 is 0 Å². The highest BCUT2D eigenvalue weighted by Gasteiger charge is 2.15. The largest absolute Gasteiger partial charge is 0.390 e. The van der Waals surface area contributed by atoms with Gasteiger partial charge in [0.2, 0.25) is 0 Å². The number of aliphatic hydroxyl groups excluding tert-OH is 1. The van der Waals surface area contributed by atoms with E-state index in [1.807, 2.05) is 7.05 Å². The number of likely N-dealkylation sites (N-methyl/N-ethyl adjacent to an activating group) is 1. The Morgan fingerprint density at radius 1 is 1.41 bits per heavy atom. The number of rotatable bonds is 6. The molecule has 0 aromatic rings. The maximum absolute atomic E-state index is 9.99. The van der Waals surface area contributed by atoms with Crippen molar-refractivity contribution in [2.45, 2.75) is 20.0 Å². The summed E-state index contributed by atoms with van der Waals surface area (Å²) in [6.45, 7) is 10.0. The highest BCUT2D eigenvalue weighted by molar-refractivity contribution is 4.94. The zero-order chi connectivity index (χ0) is 12.7. The Balaban J connectivity index is 2.18. The Hall–Kier alpha value is -0.420. The lowest BCUT2D eigenvalue weighted by molar-refractivity contribution is 0.00934. The molecular weight excluding hydrogens is 216 g/mol. The summed E-state index contributed by atoms with van der Waals surface area (Å²) in [6.07, 6.45) is 1.91. The normalized spacial score (nSPS) is 19.4. The van der Waals surface area contributed by atoms with Crippen LogP contribution in [0.15, 0.2) is 11.6 Å². The minimum Gasteiger partial charge on any atom is -0.390 e. The number of hydrogen-bond acceptors (Lipinski definition) is 4. The SMILES string of the molecule is CC(C)=CCN(C)CC(O)CN1CCOCC1. The van der Waals surface area contributed by atoms with Crippen LogP contribution in [-0.4, -0.2) is 74.0 Å². The second-order valence-corrected chi connectivity index (χ2v) is 5.07. The maximum Gasteiger partial charge on any atom is 0.0793 e. The Morgan fingerprint density at radius 2 is 2.06 bits per heavy atom. The maximum atomic E-state index is 9.99. The van der Waals surface area contributed by atoms with Crippen LogP contribution in [0.5, 0.6) is 0 Å². The molecule has 17 heavy (non-hydrogen) atoms. The van der Waals surface area contributed by atoms with Crippen molar-refractivity contribution in [2.24, 2.45) is 0 Å². The minimum atomic E-state index is -0.274. The van der Waals surface area contributed by atoms with E-state index < -0.39 is 0 Å². The van der Waals surface area contributed by atoms with Crippen LogP contribution in [0, 0.1) is 0 Å². The number of aliphatic hydroxyl groups is 1. The van der Waals surface area contributed by atoms with Crippen LogP contribution >= 0.6 is 0 Å². The van der Waals surface area contributed by atoms with Gasteiger partial charge in [0.1, 0.15) is 0 Å². The molecule has 0 aliphatic carbocycles. The summed E-state index contributed by atoms with van der Waals surface area (Å²) in [5.41, 5.74) is 1.32. The smallest absolute Gasteiger partial charge is 0.0793 e. The second-order valence-electron chi connectivity index (χ2n) is 5.07. The molecule has 0 amide bonds. The van der Waals surface area contributed by atoms with E-state index in [2.05, 4.69) is 29.7 Å². The van der Waals surface area contributed by atoms with Gasteiger partial charge in [-0.2, -0.15) is 0 Å². The fourth-order valence-corrected chi connectivity index (χ4v) is 1.91. The third-order valence-corrected chi connectivity index (χ3v) is 2.91. The first-order chi connectivity index (χ1) is 8.08. The molecule has 0 spiro atoms. The van der Waals surface area contributed by atoms with E-state index >= 15 is 0 Å².